The van der Waals surface area contributed by atoms with Crippen molar-refractivity contribution >= 4 is 34.8 Å². The highest BCUT2D eigenvalue weighted by Gasteiger charge is 2.26. The number of rotatable bonds is 3. The molecule has 1 N–H and O–H groups in total. The molecule has 3 aromatic rings. The van der Waals surface area contributed by atoms with Crippen LogP contribution >= 0.6 is 11.6 Å². The Morgan fingerprint density at radius 3 is 2.50 bits per heavy atom. The number of carbonyl (C=O) groups is 2. The second kappa shape index (κ2) is 9.17. The van der Waals surface area contributed by atoms with Crippen LogP contribution in [-0.4, -0.2) is 18.4 Å². The molecule has 0 saturated carbocycles. The van der Waals surface area contributed by atoms with Gasteiger partial charge in [-0.15, -0.1) is 0 Å². The molecule has 4 nitrogen and oxygen atoms in total. The van der Waals surface area contributed by atoms with Crippen LogP contribution < -0.4 is 10.2 Å². The average Bonchev–Trinajstić information content (AvgIpc) is 2.92. The number of anilines is 2. The fourth-order valence-electron chi connectivity index (χ4n) is 4.36. The van der Waals surface area contributed by atoms with Gasteiger partial charge >= 0.3 is 0 Å². The van der Waals surface area contributed by atoms with E-state index in [4.69, 9.17) is 11.6 Å². The maximum Gasteiger partial charge on any atom is 0.258 e. The van der Waals surface area contributed by atoms with Crippen molar-refractivity contribution in [3.63, 3.8) is 0 Å². The van der Waals surface area contributed by atoms with E-state index in [9.17, 15) is 9.59 Å². The molecule has 0 aromatic heterocycles. The summed E-state index contributed by atoms with van der Waals surface area (Å²) in [6.45, 7) is 6.66. The molecule has 2 amide bonds. The highest BCUT2D eigenvalue weighted by Crippen LogP contribution is 2.37. The standard InChI is InChI=1S/C27H27ClN2O2/c1-17-7-4-5-9-22(17)26(31)29-21-11-12-23(19(3)15-21)27(32)30-14-6-8-18(2)24-16-20(28)10-13-25(24)30/h4-5,7,9-13,15-16,18H,6,8,14H2,1-3H3,(H,29,31). The van der Waals surface area contributed by atoms with E-state index in [-0.39, 0.29) is 11.8 Å². The molecule has 1 atom stereocenters. The Morgan fingerprint density at radius 1 is 0.969 bits per heavy atom. The zero-order valence-corrected chi connectivity index (χ0v) is 19.4. The van der Waals surface area contributed by atoms with Crippen molar-refractivity contribution in [2.75, 3.05) is 16.8 Å². The first kappa shape index (κ1) is 22.1. The molecule has 0 bridgehead atoms. The lowest BCUT2D eigenvalue weighted by atomic mass is 9.96. The molecule has 0 radical (unpaired) electrons. The van der Waals surface area contributed by atoms with Gasteiger partial charge < -0.3 is 10.2 Å². The van der Waals surface area contributed by atoms with Gasteiger partial charge in [0.05, 0.1) is 0 Å². The van der Waals surface area contributed by atoms with E-state index in [0.29, 0.717) is 34.3 Å². The third kappa shape index (κ3) is 4.42. The maximum atomic E-state index is 13.5. The van der Waals surface area contributed by atoms with Gasteiger partial charge in [0.2, 0.25) is 0 Å². The van der Waals surface area contributed by atoms with E-state index in [1.54, 1.807) is 18.2 Å². The largest absolute Gasteiger partial charge is 0.322 e. The lowest BCUT2D eigenvalue weighted by Crippen LogP contribution is -2.32. The van der Waals surface area contributed by atoms with Crippen molar-refractivity contribution in [3.05, 3.63) is 93.5 Å². The number of benzene rings is 3. The summed E-state index contributed by atoms with van der Waals surface area (Å²) < 4.78 is 0. The quantitative estimate of drug-likeness (QED) is 0.483. The Bertz CT molecular complexity index is 1190. The van der Waals surface area contributed by atoms with Gasteiger partial charge in [-0.3, -0.25) is 9.59 Å². The van der Waals surface area contributed by atoms with Gasteiger partial charge in [-0.1, -0.05) is 36.7 Å². The van der Waals surface area contributed by atoms with Crippen molar-refractivity contribution in [2.45, 2.75) is 39.5 Å². The number of aryl methyl sites for hydroxylation is 2. The SMILES string of the molecule is Cc1ccccc1C(=O)Nc1ccc(C(=O)N2CCCC(C)c3cc(Cl)ccc32)c(C)c1. The molecule has 1 aliphatic heterocycles. The summed E-state index contributed by atoms with van der Waals surface area (Å²) in [6.07, 6.45) is 1.95. The van der Waals surface area contributed by atoms with Crippen LogP contribution in [0.15, 0.2) is 60.7 Å². The first-order valence-corrected chi connectivity index (χ1v) is 11.3. The van der Waals surface area contributed by atoms with Gasteiger partial charge in [-0.05, 0) is 91.8 Å². The number of nitrogens with zero attached hydrogens (tertiary/aromatic N) is 1. The average molecular weight is 447 g/mol. The van der Waals surface area contributed by atoms with Crippen molar-refractivity contribution in [1.29, 1.82) is 0 Å². The summed E-state index contributed by atoms with van der Waals surface area (Å²) in [4.78, 5) is 28.0. The van der Waals surface area contributed by atoms with Crippen LogP contribution in [0.25, 0.3) is 0 Å². The molecule has 0 saturated heterocycles. The van der Waals surface area contributed by atoms with Gasteiger partial charge in [0.25, 0.3) is 11.8 Å². The third-order valence-electron chi connectivity index (χ3n) is 6.18. The Morgan fingerprint density at radius 2 is 1.75 bits per heavy atom. The molecule has 1 heterocycles. The fraction of sp³-hybridized carbons (Fsp3) is 0.259. The molecule has 0 fully saturated rings. The van der Waals surface area contributed by atoms with E-state index in [1.165, 1.54) is 0 Å². The van der Waals surface area contributed by atoms with Crippen molar-refractivity contribution in [2.24, 2.45) is 0 Å². The minimum Gasteiger partial charge on any atom is -0.322 e. The van der Waals surface area contributed by atoms with Gasteiger partial charge in [0.1, 0.15) is 0 Å². The highest BCUT2D eigenvalue weighted by atomic mass is 35.5. The van der Waals surface area contributed by atoms with E-state index >= 15 is 0 Å². The molecule has 0 aliphatic carbocycles. The predicted molar refractivity (Wildman–Crippen MR) is 131 cm³/mol. The topological polar surface area (TPSA) is 49.4 Å². The third-order valence-corrected chi connectivity index (χ3v) is 6.41. The first-order valence-electron chi connectivity index (χ1n) is 10.9. The van der Waals surface area contributed by atoms with Gasteiger partial charge in [0.15, 0.2) is 0 Å². The number of hydrogen-bond donors (Lipinski definition) is 1. The molecule has 3 aromatic carbocycles. The molecule has 5 heteroatoms. The zero-order valence-electron chi connectivity index (χ0n) is 18.6. The van der Waals surface area contributed by atoms with E-state index in [0.717, 1.165) is 35.2 Å². The van der Waals surface area contributed by atoms with Gasteiger partial charge in [0, 0.05) is 34.1 Å². The van der Waals surface area contributed by atoms with Crippen LogP contribution in [0, 0.1) is 13.8 Å². The number of hydrogen-bond acceptors (Lipinski definition) is 2. The van der Waals surface area contributed by atoms with E-state index in [1.807, 2.05) is 61.2 Å². The van der Waals surface area contributed by atoms with Gasteiger partial charge in [-0.2, -0.15) is 0 Å². The van der Waals surface area contributed by atoms with E-state index in [2.05, 4.69) is 12.2 Å². The van der Waals surface area contributed by atoms with Gasteiger partial charge in [-0.25, -0.2) is 0 Å². The normalized spacial score (nSPS) is 15.6. The summed E-state index contributed by atoms with van der Waals surface area (Å²) in [7, 11) is 0. The van der Waals surface area contributed by atoms with Crippen LogP contribution in [-0.2, 0) is 0 Å². The number of nitrogens with one attached hydrogen (secondary N) is 1. The highest BCUT2D eigenvalue weighted by molar-refractivity contribution is 6.30. The van der Waals surface area contributed by atoms with Crippen LogP contribution in [0.4, 0.5) is 11.4 Å². The van der Waals surface area contributed by atoms with Crippen molar-refractivity contribution in [1.82, 2.24) is 0 Å². The molecule has 32 heavy (non-hydrogen) atoms. The summed E-state index contributed by atoms with van der Waals surface area (Å²) in [5, 5.41) is 3.63. The van der Waals surface area contributed by atoms with Crippen LogP contribution in [0.1, 0.15) is 63.1 Å². The van der Waals surface area contributed by atoms with Crippen molar-refractivity contribution < 1.29 is 9.59 Å². The lowest BCUT2D eigenvalue weighted by molar-refractivity contribution is 0.0985. The second-order valence-corrected chi connectivity index (χ2v) is 8.94. The molecular weight excluding hydrogens is 420 g/mol. The molecule has 1 aliphatic rings. The zero-order chi connectivity index (χ0) is 22.8. The van der Waals surface area contributed by atoms with Crippen molar-refractivity contribution in [3.8, 4) is 0 Å². The number of carbonyl (C=O) groups excluding carboxylic acids is 2. The molecule has 1 unspecified atom stereocenters. The minimum absolute atomic E-state index is 0.0306. The Hall–Kier alpha value is -3.11. The molecule has 0 spiro atoms. The van der Waals surface area contributed by atoms with Crippen LogP contribution in [0.2, 0.25) is 5.02 Å². The number of halogens is 1. The molecular formula is C27H27ClN2O2. The number of amides is 2. The summed E-state index contributed by atoms with van der Waals surface area (Å²) in [5.41, 5.74) is 5.73. The first-order chi connectivity index (χ1) is 15.3. The fourth-order valence-corrected chi connectivity index (χ4v) is 4.54. The number of fused-ring (bicyclic) bond motifs is 1. The summed E-state index contributed by atoms with van der Waals surface area (Å²) in [5.74, 6) is 0.160. The monoisotopic (exact) mass is 446 g/mol. The Labute approximate surface area is 194 Å². The van der Waals surface area contributed by atoms with E-state index < -0.39 is 0 Å². The molecule has 164 valence electrons. The van der Waals surface area contributed by atoms with Crippen LogP contribution in [0.5, 0.6) is 0 Å². The smallest absolute Gasteiger partial charge is 0.258 e. The maximum absolute atomic E-state index is 13.5. The lowest BCUT2D eigenvalue weighted by Gasteiger charge is -2.25. The summed E-state index contributed by atoms with van der Waals surface area (Å²) >= 11 is 6.24. The molecule has 4 rings (SSSR count). The Balaban J connectivity index is 1.60. The van der Waals surface area contributed by atoms with Crippen LogP contribution in [0.3, 0.4) is 0 Å². The predicted octanol–water partition coefficient (Wildman–Crippen LogP) is 6.75. The second-order valence-electron chi connectivity index (χ2n) is 8.50. The summed E-state index contributed by atoms with van der Waals surface area (Å²) in [6, 6.07) is 18.7. The Kier molecular flexibility index (Phi) is 6.33. The minimum atomic E-state index is -0.158.